The summed E-state index contributed by atoms with van der Waals surface area (Å²) in [6, 6.07) is 12.8. The second-order valence-electron chi connectivity index (χ2n) is 6.89. The first-order chi connectivity index (χ1) is 13.3. The lowest BCUT2D eigenvalue weighted by Crippen LogP contribution is -2.37. The van der Waals surface area contributed by atoms with E-state index in [2.05, 4.69) is 70.8 Å². The highest BCUT2D eigenvalue weighted by atomic mass is 15.2. The number of anilines is 1. The van der Waals surface area contributed by atoms with Crippen LogP contribution >= 0.6 is 0 Å². The number of aryl methyl sites for hydroxylation is 1. The van der Waals surface area contributed by atoms with E-state index in [0.29, 0.717) is 6.54 Å². The molecule has 3 rings (SSSR count). The van der Waals surface area contributed by atoms with Gasteiger partial charge < -0.3 is 15.5 Å². The summed E-state index contributed by atoms with van der Waals surface area (Å²) in [5.41, 5.74) is 3.90. The van der Waals surface area contributed by atoms with Crippen LogP contribution in [0.15, 0.2) is 47.6 Å². The van der Waals surface area contributed by atoms with Crippen molar-refractivity contribution in [3.63, 3.8) is 0 Å². The molecule has 2 heterocycles. The molecule has 144 valence electrons. The maximum Gasteiger partial charge on any atom is 0.191 e. The number of aromatic nitrogens is 1. The van der Waals surface area contributed by atoms with Crippen LogP contribution in [-0.4, -0.2) is 30.6 Å². The standard InChI is InChI=1S/C22H31N5/c1-3-19-9-5-6-10-20(19)17-26-22(23-4-2)25-16-18-11-12-24-21(15-18)27-13-7-8-14-27/h5-6,9-12,15H,3-4,7-8,13-14,16-17H2,1-2H3,(H2,23,25,26). The van der Waals surface area contributed by atoms with Crippen LogP contribution in [0.5, 0.6) is 0 Å². The molecule has 2 N–H and O–H groups in total. The summed E-state index contributed by atoms with van der Waals surface area (Å²) in [4.78, 5) is 11.7. The lowest BCUT2D eigenvalue weighted by Gasteiger charge is -2.17. The van der Waals surface area contributed by atoms with Gasteiger partial charge >= 0.3 is 0 Å². The lowest BCUT2D eigenvalue weighted by molar-refractivity contribution is 0.808. The first kappa shape index (κ1) is 19.2. The monoisotopic (exact) mass is 365 g/mol. The van der Waals surface area contributed by atoms with E-state index in [1.54, 1.807) is 0 Å². The van der Waals surface area contributed by atoms with E-state index in [4.69, 9.17) is 4.99 Å². The van der Waals surface area contributed by atoms with E-state index in [1.807, 2.05) is 6.20 Å². The molecule has 0 aliphatic carbocycles. The molecule has 1 aromatic heterocycles. The van der Waals surface area contributed by atoms with Gasteiger partial charge in [-0.15, -0.1) is 0 Å². The molecule has 1 saturated heterocycles. The van der Waals surface area contributed by atoms with Crippen LogP contribution in [0.2, 0.25) is 0 Å². The third-order valence-electron chi connectivity index (χ3n) is 4.95. The van der Waals surface area contributed by atoms with Crippen LogP contribution in [0, 0.1) is 0 Å². The van der Waals surface area contributed by atoms with Crippen LogP contribution < -0.4 is 15.5 Å². The average Bonchev–Trinajstić information content (AvgIpc) is 3.25. The van der Waals surface area contributed by atoms with Crippen molar-refractivity contribution in [3.8, 4) is 0 Å². The number of pyridine rings is 1. The van der Waals surface area contributed by atoms with Crippen molar-refractivity contribution in [1.82, 2.24) is 15.6 Å². The Morgan fingerprint density at radius 1 is 1.07 bits per heavy atom. The summed E-state index contributed by atoms with van der Waals surface area (Å²) < 4.78 is 0. The van der Waals surface area contributed by atoms with Gasteiger partial charge in [-0.05, 0) is 55.0 Å². The topological polar surface area (TPSA) is 52.6 Å². The number of guanidine groups is 1. The van der Waals surface area contributed by atoms with Crippen LogP contribution in [0.3, 0.4) is 0 Å². The lowest BCUT2D eigenvalue weighted by atomic mass is 10.1. The Hall–Kier alpha value is -2.56. The minimum atomic E-state index is 0.647. The fraction of sp³-hybridized carbons (Fsp3) is 0.455. The van der Waals surface area contributed by atoms with E-state index in [9.17, 15) is 0 Å². The van der Waals surface area contributed by atoms with Crippen molar-refractivity contribution in [2.75, 3.05) is 24.5 Å². The van der Waals surface area contributed by atoms with Gasteiger partial charge in [-0.2, -0.15) is 0 Å². The zero-order chi connectivity index (χ0) is 18.9. The van der Waals surface area contributed by atoms with Crippen molar-refractivity contribution >= 4 is 11.8 Å². The molecule has 0 bridgehead atoms. The van der Waals surface area contributed by atoms with Crippen molar-refractivity contribution < 1.29 is 0 Å². The van der Waals surface area contributed by atoms with E-state index in [0.717, 1.165) is 44.4 Å². The zero-order valence-electron chi connectivity index (χ0n) is 16.5. The quantitative estimate of drug-likeness (QED) is 0.582. The van der Waals surface area contributed by atoms with Gasteiger partial charge in [-0.3, -0.25) is 0 Å². The minimum Gasteiger partial charge on any atom is -0.357 e. The second kappa shape index (κ2) is 9.95. The second-order valence-corrected chi connectivity index (χ2v) is 6.89. The van der Waals surface area contributed by atoms with Gasteiger partial charge in [0.2, 0.25) is 0 Å². The molecule has 5 heteroatoms. The van der Waals surface area contributed by atoms with Crippen LogP contribution in [0.1, 0.15) is 43.4 Å². The molecular formula is C22H31N5. The molecule has 1 aromatic carbocycles. The Bertz CT molecular complexity index is 750. The SMILES string of the molecule is CCNC(=NCc1ccnc(N2CCCC2)c1)NCc1ccccc1CC. The number of hydrogen-bond donors (Lipinski definition) is 2. The number of hydrogen-bond acceptors (Lipinski definition) is 3. The summed E-state index contributed by atoms with van der Waals surface area (Å²) in [5, 5.41) is 6.81. The highest BCUT2D eigenvalue weighted by Crippen LogP contribution is 2.18. The fourth-order valence-corrected chi connectivity index (χ4v) is 3.44. The third kappa shape index (κ3) is 5.46. The molecule has 0 saturated carbocycles. The highest BCUT2D eigenvalue weighted by Gasteiger charge is 2.13. The summed E-state index contributed by atoms with van der Waals surface area (Å²) >= 11 is 0. The van der Waals surface area contributed by atoms with E-state index >= 15 is 0 Å². The van der Waals surface area contributed by atoms with Gasteiger partial charge in [0.05, 0.1) is 6.54 Å². The molecule has 0 amide bonds. The highest BCUT2D eigenvalue weighted by molar-refractivity contribution is 5.79. The van der Waals surface area contributed by atoms with Gasteiger partial charge in [0.15, 0.2) is 5.96 Å². The molecule has 1 fully saturated rings. The summed E-state index contributed by atoms with van der Waals surface area (Å²) in [5.74, 6) is 1.93. The third-order valence-corrected chi connectivity index (χ3v) is 4.95. The Balaban J connectivity index is 1.64. The number of aliphatic imine (C=N–C) groups is 1. The molecule has 0 spiro atoms. The predicted octanol–water partition coefficient (Wildman–Crippen LogP) is 3.50. The maximum absolute atomic E-state index is 4.77. The molecule has 5 nitrogen and oxygen atoms in total. The Morgan fingerprint density at radius 2 is 1.85 bits per heavy atom. The average molecular weight is 366 g/mol. The normalized spacial score (nSPS) is 14.4. The molecule has 1 aliphatic rings. The molecule has 0 atom stereocenters. The fourth-order valence-electron chi connectivity index (χ4n) is 3.44. The van der Waals surface area contributed by atoms with Crippen LogP contribution in [0.25, 0.3) is 0 Å². The molecular weight excluding hydrogens is 334 g/mol. The number of benzene rings is 1. The van der Waals surface area contributed by atoms with Gasteiger partial charge in [-0.1, -0.05) is 31.2 Å². The molecule has 1 aliphatic heterocycles. The predicted molar refractivity (Wildman–Crippen MR) is 113 cm³/mol. The molecule has 27 heavy (non-hydrogen) atoms. The first-order valence-corrected chi connectivity index (χ1v) is 10.1. The summed E-state index contributed by atoms with van der Waals surface area (Å²) in [7, 11) is 0. The van der Waals surface area contributed by atoms with Crippen molar-refractivity contribution in [1.29, 1.82) is 0 Å². The number of rotatable bonds is 7. The summed E-state index contributed by atoms with van der Waals surface area (Å²) in [6.07, 6.45) is 5.47. The maximum atomic E-state index is 4.77. The minimum absolute atomic E-state index is 0.647. The zero-order valence-corrected chi connectivity index (χ0v) is 16.5. The van der Waals surface area contributed by atoms with Crippen LogP contribution in [-0.2, 0) is 19.5 Å². The van der Waals surface area contributed by atoms with Crippen molar-refractivity contribution in [2.24, 2.45) is 4.99 Å². The van der Waals surface area contributed by atoms with Gasteiger partial charge in [0, 0.05) is 32.4 Å². The molecule has 0 radical (unpaired) electrons. The molecule has 2 aromatic rings. The van der Waals surface area contributed by atoms with Gasteiger partial charge in [0.1, 0.15) is 5.82 Å². The number of nitrogens with zero attached hydrogens (tertiary/aromatic N) is 3. The smallest absolute Gasteiger partial charge is 0.191 e. The van der Waals surface area contributed by atoms with Gasteiger partial charge in [-0.25, -0.2) is 9.98 Å². The Morgan fingerprint density at radius 3 is 2.59 bits per heavy atom. The van der Waals surface area contributed by atoms with E-state index < -0.39 is 0 Å². The van der Waals surface area contributed by atoms with Crippen LogP contribution in [0.4, 0.5) is 5.82 Å². The van der Waals surface area contributed by atoms with E-state index in [1.165, 1.54) is 29.5 Å². The summed E-state index contributed by atoms with van der Waals surface area (Å²) in [6.45, 7) is 8.78. The molecule has 0 unspecified atom stereocenters. The Kier molecular flexibility index (Phi) is 7.08. The largest absolute Gasteiger partial charge is 0.357 e. The van der Waals surface area contributed by atoms with E-state index in [-0.39, 0.29) is 0 Å². The first-order valence-electron chi connectivity index (χ1n) is 10.1. The van der Waals surface area contributed by atoms with Crippen molar-refractivity contribution in [2.45, 2.75) is 46.2 Å². The number of nitrogens with one attached hydrogen (secondary N) is 2. The van der Waals surface area contributed by atoms with Gasteiger partial charge in [0.25, 0.3) is 0 Å². The van der Waals surface area contributed by atoms with Crippen molar-refractivity contribution in [3.05, 3.63) is 59.3 Å². The Labute approximate surface area is 162 Å².